The molecule has 3 fully saturated rings. The monoisotopic (exact) mass is 300 g/mol. The molecule has 1 aliphatic carbocycles. The minimum atomic E-state index is 0.717. The van der Waals surface area contributed by atoms with Gasteiger partial charge in [-0.1, -0.05) is 0 Å². The summed E-state index contributed by atoms with van der Waals surface area (Å²) in [5, 5.41) is 0. The molecule has 120 valence electrons. The first-order chi connectivity index (χ1) is 10.8. The van der Waals surface area contributed by atoms with Crippen molar-refractivity contribution in [1.29, 1.82) is 0 Å². The van der Waals surface area contributed by atoms with Crippen LogP contribution in [0.5, 0.6) is 0 Å². The Morgan fingerprint density at radius 1 is 1.00 bits per heavy atom. The summed E-state index contributed by atoms with van der Waals surface area (Å²) in [6, 6.07) is 3.00. The Morgan fingerprint density at radius 3 is 2.41 bits per heavy atom. The molecular formula is C18H28N4. The summed E-state index contributed by atoms with van der Waals surface area (Å²) in [6.07, 6.45) is 9.79. The van der Waals surface area contributed by atoms with Crippen LogP contribution in [0.1, 0.15) is 57.1 Å². The lowest BCUT2D eigenvalue weighted by molar-refractivity contribution is 0.167. The van der Waals surface area contributed by atoms with Crippen molar-refractivity contribution in [2.75, 3.05) is 31.1 Å². The Balaban J connectivity index is 1.36. The molecule has 2 saturated heterocycles. The largest absolute Gasteiger partial charge is 0.356 e. The van der Waals surface area contributed by atoms with Gasteiger partial charge >= 0.3 is 0 Å². The van der Waals surface area contributed by atoms with Crippen LogP contribution >= 0.6 is 0 Å². The van der Waals surface area contributed by atoms with Crippen molar-refractivity contribution >= 4 is 5.82 Å². The van der Waals surface area contributed by atoms with Crippen molar-refractivity contribution in [3.8, 4) is 0 Å². The summed E-state index contributed by atoms with van der Waals surface area (Å²) < 4.78 is 0. The van der Waals surface area contributed by atoms with Crippen molar-refractivity contribution in [3.63, 3.8) is 0 Å². The molecule has 0 amide bonds. The van der Waals surface area contributed by atoms with Gasteiger partial charge < -0.3 is 9.80 Å². The Bertz CT molecular complexity index is 500. The molecule has 4 nitrogen and oxygen atoms in total. The summed E-state index contributed by atoms with van der Waals surface area (Å²) in [5.74, 6) is 2.73. The van der Waals surface area contributed by atoms with E-state index in [-0.39, 0.29) is 0 Å². The van der Waals surface area contributed by atoms with Gasteiger partial charge in [0.25, 0.3) is 0 Å². The van der Waals surface area contributed by atoms with Crippen LogP contribution in [-0.4, -0.2) is 47.1 Å². The number of piperidine rings is 1. The first-order valence-corrected chi connectivity index (χ1v) is 9.12. The van der Waals surface area contributed by atoms with E-state index in [1.165, 1.54) is 57.3 Å². The molecule has 3 aliphatic rings. The van der Waals surface area contributed by atoms with E-state index < -0.39 is 0 Å². The van der Waals surface area contributed by atoms with Gasteiger partial charge in [-0.2, -0.15) is 0 Å². The summed E-state index contributed by atoms with van der Waals surface area (Å²) in [6.45, 7) is 7.39. The highest BCUT2D eigenvalue weighted by Crippen LogP contribution is 2.39. The predicted octanol–water partition coefficient (Wildman–Crippen LogP) is 3.05. The van der Waals surface area contributed by atoms with E-state index in [0.29, 0.717) is 0 Å². The first kappa shape index (κ1) is 14.4. The van der Waals surface area contributed by atoms with E-state index in [9.17, 15) is 0 Å². The lowest BCUT2D eigenvalue weighted by atomic mass is 9.89. The van der Waals surface area contributed by atoms with Gasteiger partial charge in [-0.05, 0) is 64.5 Å². The Labute approximate surface area is 133 Å². The molecule has 4 rings (SSSR count). The van der Waals surface area contributed by atoms with Crippen LogP contribution in [0.25, 0.3) is 0 Å². The van der Waals surface area contributed by atoms with E-state index >= 15 is 0 Å². The summed E-state index contributed by atoms with van der Waals surface area (Å²) in [7, 11) is 0. The molecule has 1 atom stereocenters. The lowest BCUT2D eigenvalue weighted by Crippen LogP contribution is -2.43. The maximum Gasteiger partial charge on any atom is 0.132 e. The minimum absolute atomic E-state index is 0.717. The second kappa shape index (κ2) is 6.15. The topological polar surface area (TPSA) is 32.3 Å². The average Bonchev–Trinajstić information content (AvgIpc) is 3.29. The van der Waals surface area contributed by atoms with Gasteiger partial charge in [0.2, 0.25) is 0 Å². The SMILES string of the molecule is CC(C1CCN(c2cc(C3CC3)ncn2)CC1)N1CCCC1. The zero-order valence-corrected chi connectivity index (χ0v) is 13.7. The molecule has 3 heterocycles. The van der Waals surface area contributed by atoms with Crippen LogP contribution in [0.15, 0.2) is 12.4 Å². The van der Waals surface area contributed by atoms with Gasteiger partial charge in [-0.25, -0.2) is 9.97 Å². The third kappa shape index (κ3) is 2.98. The van der Waals surface area contributed by atoms with Gasteiger partial charge in [-0.15, -0.1) is 0 Å². The second-order valence-corrected chi connectivity index (χ2v) is 7.38. The first-order valence-electron chi connectivity index (χ1n) is 9.12. The Morgan fingerprint density at radius 2 is 1.73 bits per heavy atom. The standard InChI is InChI=1S/C18H28N4/c1-14(21-8-2-3-9-21)15-6-10-22(11-7-15)18-12-17(16-4-5-16)19-13-20-18/h12-16H,2-11H2,1H3. The highest BCUT2D eigenvalue weighted by molar-refractivity contribution is 5.40. The fraction of sp³-hybridized carbons (Fsp3) is 0.778. The smallest absolute Gasteiger partial charge is 0.132 e. The number of likely N-dealkylation sites (tertiary alicyclic amines) is 1. The van der Waals surface area contributed by atoms with Crippen LogP contribution < -0.4 is 4.90 Å². The molecule has 0 spiro atoms. The predicted molar refractivity (Wildman–Crippen MR) is 89.2 cm³/mol. The third-order valence-electron chi connectivity index (χ3n) is 5.93. The van der Waals surface area contributed by atoms with E-state index in [2.05, 4.69) is 32.8 Å². The molecule has 2 aliphatic heterocycles. The van der Waals surface area contributed by atoms with Crippen molar-refractivity contribution in [3.05, 3.63) is 18.1 Å². The number of hydrogen-bond acceptors (Lipinski definition) is 4. The van der Waals surface area contributed by atoms with E-state index in [0.717, 1.165) is 36.8 Å². The van der Waals surface area contributed by atoms with Crippen LogP contribution in [0, 0.1) is 5.92 Å². The zero-order valence-electron chi connectivity index (χ0n) is 13.7. The molecule has 0 N–H and O–H groups in total. The molecule has 0 bridgehead atoms. The number of anilines is 1. The zero-order chi connectivity index (χ0) is 14.9. The van der Waals surface area contributed by atoms with E-state index in [1.54, 1.807) is 6.33 Å². The maximum atomic E-state index is 4.52. The molecular weight excluding hydrogens is 272 g/mol. The normalized spacial score (nSPS) is 25.6. The molecule has 22 heavy (non-hydrogen) atoms. The van der Waals surface area contributed by atoms with Crippen LogP contribution in [-0.2, 0) is 0 Å². The van der Waals surface area contributed by atoms with E-state index in [1.807, 2.05) is 0 Å². The quantitative estimate of drug-likeness (QED) is 0.855. The van der Waals surface area contributed by atoms with E-state index in [4.69, 9.17) is 0 Å². The highest BCUT2D eigenvalue weighted by Gasteiger charge is 2.30. The van der Waals surface area contributed by atoms with Crippen molar-refractivity contribution in [2.24, 2.45) is 5.92 Å². The minimum Gasteiger partial charge on any atom is -0.356 e. The lowest BCUT2D eigenvalue weighted by Gasteiger charge is -2.38. The molecule has 1 saturated carbocycles. The number of hydrogen-bond donors (Lipinski definition) is 0. The summed E-state index contributed by atoms with van der Waals surface area (Å²) >= 11 is 0. The molecule has 0 radical (unpaired) electrons. The van der Waals surface area contributed by atoms with Crippen molar-refractivity contribution in [1.82, 2.24) is 14.9 Å². The fourth-order valence-electron chi connectivity index (χ4n) is 4.19. The maximum absolute atomic E-state index is 4.52. The van der Waals surface area contributed by atoms with Gasteiger partial charge in [0, 0.05) is 36.8 Å². The highest BCUT2D eigenvalue weighted by atomic mass is 15.2. The molecule has 1 aromatic rings. The average molecular weight is 300 g/mol. The van der Waals surface area contributed by atoms with Crippen molar-refractivity contribution in [2.45, 2.75) is 57.4 Å². The third-order valence-corrected chi connectivity index (χ3v) is 5.93. The fourth-order valence-corrected chi connectivity index (χ4v) is 4.19. The van der Waals surface area contributed by atoms with Gasteiger partial charge in [-0.3, -0.25) is 0 Å². The molecule has 1 aromatic heterocycles. The van der Waals surface area contributed by atoms with Crippen LogP contribution in [0.2, 0.25) is 0 Å². The Kier molecular flexibility index (Phi) is 4.03. The summed E-state index contributed by atoms with van der Waals surface area (Å²) in [4.78, 5) is 14.1. The van der Waals surface area contributed by atoms with Crippen molar-refractivity contribution < 1.29 is 0 Å². The number of nitrogens with zero attached hydrogens (tertiary/aromatic N) is 4. The second-order valence-electron chi connectivity index (χ2n) is 7.38. The van der Waals surface area contributed by atoms with Crippen LogP contribution in [0.4, 0.5) is 5.82 Å². The summed E-state index contributed by atoms with van der Waals surface area (Å²) in [5.41, 5.74) is 1.26. The van der Waals surface area contributed by atoms with Gasteiger partial charge in [0.1, 0.15) is 12.1 Å². The van der Waals surface area contributed by atoms with Gasteiger partial charge in [0.05, 0.1) is 0 Å². The van der Waals surface area contributed by atoms with Gasteiger partial charge in [0.15, 0.2) is 0 Å². The molecule has 1 unspecified atom stereocenters. The number of aromatic nitrogens is 2. The molecule has 0 aromatic carbocycles. The Hall–Kier alpha value is -1.16. The van der Waals surface area contributed by atoms with Crippen LogP contribution in [0.3, 0.4) is 0 Å². The molecule has 4 heteroatoms. The number of rotatable bonds is 4.